The summed E-state index contributed by atoms with van der Waals surface area (Å²) in [6, 6.07) is 11.1. The average Bonchev–Trinajstić information content (AvgIpc) is 2.27. The number of rotatable bonds is 5. The highest BCUT2D eigenvalue weighted by Crippen LogP contribution is 2.28. The second-order valence-corrected chi connectivity index (χ2v) is 5.53. The van der Waals surface area contributed by atoms with Crippen molar-refractivity contribution in [1.29, 1.82) is 0 Å². The molecule has 2 N–H and O–H groups in total. The maximum absolute atomic E-state index is 9.28. The summed E-state index contributed by atoms with van der Waals surface area (Å²) in [6.45, 7) is 5.52. The third-order valence-corrected chi connectivity index (χ3v) is 3.66. The second-order valence-electron chi connectivity index (χ2n) is 5.53. The van der Waals surface area contributed by atoms with Crippen LogP contribution in [0.4, 0.5) is 0 Å². The Bertz CT molecular complexity index is 330. The fourth-order valence-electron chi connectivity index (χ4n) is 2.56. The van der Waals surface area contributed by atoms with Gasteiger partial charge in [-0.3, -0.25) is 0 Å². The van der Waals surface area contributed by atoms with Crippen molar-refractivity contribution in [3.63, 3.8) is 0 Å². The van der Waals surface area contributed by atoms with Crippen LogP contribution in [0.1, 0.15) is 38.3 Å². The highest BCUT2D eigenvalue weighted by atomic mass is 16.3. The lowest BCUT2D eigenvalue weighted by Crippen LogP contribution is -2.38. The van der Waals surface area contributed by atoms with E-state index in [0.29, 0.717) is 17.9 Å². The summed E-state index contributed by atoms with van der Waals surface area (Å²) in [5.41, 5.74) is 1.36. The van der Waals surface area contributed by atoms with Gasteiger partial charge >= 0.3 is 0 Å². The van der Waals surface area contributed by atoms with Gasteiger partial charge in [0.1, 0.15) is 0 Å². The van der Waals surface area contributed by atoms with Gasteiger partial charge < -0.3 is 10.4 Å². The topological polar surface area (TPSA) is 32.3 Å². The third kappa shape index (κ3) is 3.30. The number of aliphatic hydroxyl groups is 1. The zero-order valence-corrected chi connectivity index (χ0v) is 10.8. The van der Waals surface area contributed by atoms with Crippen molar-refractivity contribution in [2.45, 2.75) is 38.8 Å². The van der Waals surface area contributed by atoms with E-state index < -0.39 is 0 Å². The van der Waals surface area contributed by atoms with Gasteiger partial charge in [-0.1, -0.05) is 44.2 Å². The van der Waals surface area contributed by atoms with E-state index in [2.05, 4.69) is 49.5 Å². The molecule has 0 saturated heterocycles. The van der Waals surface area contributed by atoms with Gasteiger partial charge in [0.15, 0.2) is 0 Å². The molecule has 94 valence electrons. The molecule has 0 spiro atoms. The highest BCUT2D eigenvalue weighted by molar-refractivity contribution is 5.19. The molecule has 1 saturated carbocycles. The minimum atomic E-state index is -0.0453. The Morgan fingerprint density at radius 3 is 2.41 bits per heavy atom. The molecule has 1 aromatic rings. The van der Waals surface area contributed by atoms with E-state index in [9.17, 15) is 5.11 Å². The van der Waals surface area contributed by atoms with Gasteiger partial charge in [-0.05, 0) is 36.8 Å². The molecule has 1 unspecified atom stereocenters. The van der Waals surface area contributed by atoms with Crippen molar-refractivity contribution in [2.24, 2.45) is 11.8 Å². The molecule has 0 bridgehead atoms. The first-order valence-electron chi connectivity index (χ1n) is 6.63. The Morgan fingerprint density at radius 2 is 1.88 bits per heavy atom. The van der Waals surface area contributed by atoms with Crippen molar-refractivity contribution in [3.8, 4) is 0 Å². The molecule has 0 heterocycles. The van der Waals surface area contributed by atoms with Crippen LogP contribution in [0.5, 0.6) is 0 Å². The van der Waals surface area contributed by atoms with Gasteiger partial charge in [0.25, 0.3) is 0 Å². The second kappa shape index (κ2) is 5.65. The predicted octanol–water partition coefficient (Wildman–Crippen LogP) is 2.74. The van der Waals surface area contributed by atoms with E-state index in [-0.39, 0.29) is 6.10 Å². The van der Waals surface area contributed by atoms with E-state index >= 15 is 0 Å². The van der Waals surface area contributed by atoms with Crippen LogP contribution in [-0.2, 0) is 0 Å². The number of hydrogen-bond acceptors (Lipinski definition) is 2. The maximum Gasteiger partial charge on any atom is 0.0546 e. The van der Waals surface area contributed by atoms with Crippen LogP contribution in [0, 0.1) is 11.8 Å². The van der Waals surface area contributed by atoms with E-state index in [1.165, 1.54) is 5.56 Å². The quantitative estimate of drug-likeness (QED) is 0.819. The molecule has 0 radical (unpaired) electrons. The molecule has 2 heteroatoms. The molecule has 1 aromatic carbocycles. The molecule has 2 nitrogen and oxygen atoms in total. The van der Waals surface area contributed by atoms with Gasteiger partial charge in [0.05, 0.1) is 6.10 Å². The number of nitrogens with one attached hydrogen (secondary N) is 1. The van der Waals surface area contributed by atoms with Crippen LogP contribution >= 0.6 is 0 Å². The Labute approximate surface area is 104 Å². The number of hydrogen-bond donors (Lipinski definition) is 2. The third-order valence-electron chi connectivity index (χ3n) is 3.66. The van der Waals surface area contributed by atoms with Crippen molar-refractivity contribution in [1.82, 2.24) is 5.32 Å². The van der Waals surface area contributed by atoms with Gasteiger partial charge in [-0.15, -0.1) is 0 Å². The van der Waals surface area contributed by atoms with E-state index in [4.69, 9.17) is 0 Å². The Morgan fingerprint density at radius 1 is 1.24 bits per heavy atom. The van der Waals surface area contributed by atoms with Crippen LogP contribution in [0.25, 0.3) is 0 Å². The fourth-order valence-corrected chi connectivity index (χ4v) is 2.56. The van der Waals surface area contributed by atoms with E-state index in [1.807, 2.05) is 0 Å². The standard InChI is InChI=1S/C15H23NO/c1-11(2)15(13-6-4-3-5-7-13)16-10-12-8-14(17)9-12/h3-7,11-12,14-17H,8-10H2,1-2H3. The van der Waals surface area contributed by atoms with Crippen LogP contribution in [0.3, 0.4) is 0 Å². The largest absolute Gasteiger partial charge is 0.393 e. The summed E-state index contributed by atoms with van der Waals surface area (Å²) in [6.07, 6.45) is 1.88. The SMILES string of the molecule is CC(C)C(NCC1CC(O)C1)c1ccccc1. The molecule has 0 aliphatic heterocycles. The lowest BCUT2D eigenvalue weighted by molar-refractivity contribution is 0.0411. The zero-order valence-electron chi connectivity index (χ0n) is 10.8. The molecule has 1 atom stereocenters. The molecule has 1 aliphatic rings. The average molecular weight is 233 g/mol. The van der Waals surface area contributed by atoms with E-state index in [1.54, 1.807) is 0 Å². The Hall–Kier alpha value is -0.860. The summed E-state index contributed by atoms with van der Waals surface area (Å²) in [5, 5.41) is 12.9. The first-order chi connectivity index (χ1) is 8.16. The normalized spacial score (nSPS) is 25.6. The molecule has 1 fully saturated rings. The fraction of sp³-hybridized carbons (Fsp3) is 0.600. The lowest BCUT2D eigenvalue weighted by Gasteiger charge is -2.34. The van der Waals surface area contributed by atoms with Crippen molar-refractivity contribution >= 4 is 0 Å². The summed E-state index contributed by atoms with van der Waals surface area (Å²) >= 11 is 0. The molecule has 2 rings (SSSR count). The van der Waals surface area contributed by atoms with Crippen LogP contribution in [-0.4, -0.2) is 17.8 Å². The summed E-state index contributed by atoms with van der Waals surface area (Å²) in [7, 11) is 0. The first-order valence-corrected chi connectivity index (χ1v) is 6.63. The molecule has 0 amide bonds. The van der Waals surface area contributed by atoms with E-state index in [0.717, 1.165) is 19.4 Å². The van der Waals surface area contributed by atoms with Crippen molar-refractivity contribution in [3.05, 3.63) is 35.9 Å². The number of benzene rings is 1. The minimum Gasteiger partial charge on any atom is -0.393 e. The molecular formula is C15H23NO. The van der Waals surface area contributed by atoms with Crippen molar-refractivity contribution < 1.29 is 5.11 Å². The summed E-state index contributed by atoms with van der Waals surface area (Å²) < 4.78 is 0. The Kier molecular flexibility index (Phi) is 4.19. The summed E-state index contributed by atoms with van der Waals surface area (Å²) in [4.78, 5) is 0. The van der Waals surface area contributed by atoms with Crippen LogP contribution in [0.2, 0.25) is 0 Å². The van der Waals surface area contributed by atoms with Crippen molar-refractivity contribution in [2.75, 3.05) is 6.54 Å². The Balaban J connectivity index is 1.89. The number of aliphatic hydroxyl groups excluding tert-OH is 1. The van der Waals surface area contributed by atoms with Crippen LogP contribution < -0.4 is 5.32 Å². The smallest absolute Gasteiger partial charge is 0.0546 e. The zero-order chi connectivity index (χ0) is 12.3. The molecular weight excluding hydrogens is 210 g/mol. The maximum atomic E-state index is 9.28. The summed E-state index contributed by atoms with van der Waals surface area (Å²) in [5.74, 6) is 1.25. The molecule has 1 aliphatic carbocycles. The highest BCUT2D eigenvalue weighted by Gasteiger charge is 2.27. The molecule has 17 heavy (non-hydrogen) atoms. The predicted molar refractivity (Wildman–Crippen MR) is 70.8 cm³/mol. The molecule has 0 aromatic heterocycles. The van der Waals surface area contributed by atoms with Gasteiger partial charge in [0.2, 0.25) is 0 Å². The monoisotopic (exact) mass is 233 g/mol. The minimum absolute atomic E-state index is 0.0453. The van der Waals surface area contributed by atoms with Gasteiger partial charge in [0, 0.05) is 6.04 Å². The van der Waals surface area contributed by atoms with Crippen LogP contribution in [0.15, 0.2) is 30.3 Å². The van der Waals surface area contributed by atoms with Gasteiger partial charge in [-0.25, -0.2) is 0 Å². The first kappa shape index (κ1) is 12.6. The lowest BCUT2D eigenvalue weighted by atomic mass is 9.82. The van der Waals surface area contributed by atoms with Gasteiger partial charge in [-0.2, -0.15) is 0 Å².